The van der Waals surface area contributed by atoms with Gasteiger partial charge in [-0.05, 0) is 25.7 Å². The fraction of sp³-hybridized carbons (Fsp3) is 0.667. The average Bonchev–Trinajstić information content (AvgIpc) is 3.08. The summed E-state index contributed by atoms with van der Waals surface area (Å²) >= 11 is 7.20. The zero-order chi connectivity index (χ0) is 12.4. The highest BCUT2D eigenvalue weighted by molar-refractivity contribution is 7.09. The SMILES string of the molecule is CC(C1CC1)N(C)C(=O)Cc1nc(CCl)cs1. The van der Waals surface area contributed by atoms with Gasteiger partial charge in [0.2, 0.25) is 5.91 Å². The number of amides is 1. The number of alkyl halides is 1. The Kier molecular flexibility index (Phi) is 4.05. The second-order valence-electron chi connectivity index (χ2n) is 4.63. The third kappa shape index (κ3) is 3.19. The van der Waals surface area contributed by atoms with Crippen molar-refractivity contribution in [2.24, 2.45) is 5.92 Å². The highest BCUT2D eigenvalue weighted by Crippen LogP contribution is 2.34. The van der Waals surface area contributed by atoms with Crippen LogP contribution in [0.2, 0.25) is 0 Å². The highest BCUT2D eigenvalue weighted by Gasteiger charge is 2.32. The maximum Gasteiger partial charge on any atom is 0.229 e. The maximum absolute atomic E-state index is 12.0. The van der Waals surface area contributed by atoms with Crippen molar-refractivity contribution in [2.45, 2.75) is 38.1 Å². The van der Waals surface area contributed by atoms with Gasteiger partial charge in [0.05, 0.1) is 18.0 Å². The van der Waals surface area contributed by atoms with Gasteiger partial charge in [-0.1, -0.05) is 0 Å². The molecule has 1 saturated carbocycles. The van der Waals surface area contributed by atoms with Gasteiger partial charge in [-0.15, -0.1) is 22.9 Å². The van der Waals surface area contributed by atoms with Crippen LogP contribution in [0.25, 0.3) is 0 Å². The molecule has 0 saturated heterocycles. The fourth-order valence-corrected chi connectivity index (χ4v) is 2.88. The Bertz CT molecular complexity index is 403. The molecule has 1 heterocycles. The second-order valence-corrected chi connectivity index (χ2v) is 5.84. The average molecular weight is 273 g/mol. The summed E-state index contributed by atoms with van der Waals surface area (Å²) in [6.45, 7) is 2.13. The number of rotatable bonds is 5. The molecular weight excluding hydrogens is 256 g/mol. The largest absolute Gasteiger partial charge is 0.342 e. The Morgan fingerprint density at radius 1 is 1.71 bits per heavy atom. The van der Waals surface area contributed by atoms with Gasteiger partial charge in [0, 0.05) is 18.5 Å². The summed E-state index contributed by atoms with van der Waals surface area (Å²) in [6.07, 6.45) is 2.91. The van der Waals surface area contributed by atoms with Crippen LogP contribution < -0.4 is 0 Å². The first-order valence-electron chi connectivity index (χ1n) is 5.86. The number of likely N-dealkylation sites (N-methyl/N-ethyl adjacent to an activating group) is 1. The molecule has 1 amide bonds. The van der Waals surface area contributed by atoms with E-state index in [2.05, 4.69) is 11.9 Å². The lowest BCUT2D eigenvalue weighted by Crippen LogP contribution is -2.37. The Morgan fingerprint density at radius 2 is 2.41 bits per heavy atom. The van der Waals surface area contributed by atoms with E-state index < -0.39 is 0 Å². The molecule has 0 N–H and O–H groups in total. The molecule has 0 bridgehead atoms. The first-order valence-corrected chi connectivity index (χ1v) is 7.28. The Labute approximate surface area is 111 Å². The van der Waals surface area contributed by atoms with Crippen molar-refractivity contribution < 1.29 is 4.79 Å². The molecule has 1 aromatic rings. The van der Waals surface area contributed by atoms with E-state index in [4.69, 9.17) is 11.6 Å². The van der Waals surface area contributed by atoms with Gasteiger partial charge < -0.3 is 4.90 Å². The van der Waals surface area contributed by atoms with Crippen molar-refractivity contribution in [3.05, 3.63) is 16.1 Å². The van der Waals surface area contributed by atoms with Gasteiger partial charge in [-0.3, -0.25) is 4.79 Å². The van der Waals surface area contributed by atoms with Crippen molar-refractivity contribution in [3.63, 3.8) is 0 Å². The predicted molar refractivity (Wildman–Crippen MR) is 70.3 cm³/mol. The maximum atomic E-state index is 12.0. The molecule has 5 heteroatoms. The smallest absolute Gasteiger partial charge is 0.229 e. The predicted octanol–water partition coefficient (Wildman–Crippen LogP) is 2.68. The van der Waals surface area contributed by atoms with Gasteiger partial charge in [0.25, 0.3) is 0 Å². The summed E-state index contributed by atoms with van der Waals surface area (Å²) in [5, 5.41) is 2.78. The molecule has 1 aliphatic carbocycles. The molecule has 17 heavy (non-hydrogen) atoms. The summed E-state index contributed by atoms with van der Waals surface area (Å²) in [5.74, 6) is 1.28. The number of carbonyl (C=O) groups is 1. The third-order valence-electron chi connectivity index (χ3n) is 3.35. The van der Waals surface area contributed by atoms with E-state index in [0.717, 1.165) is 10.7 Å². The molecule has 0 aromatic carbocycles. The highest BCUT2D eigenvalue weighted by atomic mass is 35.5. The molecule has 1 aliphatic rings. The number of hydrogen-bond acceptors (Lipinski definition) is 3. The summed E-state index contributed by atoms with van der Waals surface area (Å²) in [4.78, 5) is 18.2. The molecule has 0 spiro atoms. The van der Waals surface area contributed by atoms with Crippen LogP contribution in [0.4, 0.5) is 0 Å². The number of aromatic nitrogens is 1. The zero-order valence-corrected chi connectivity index (χ0v) is 11.7. The van der Waals surface area contributed by atoms with Crippen LogP contribution in [0, 0.1) is 5.92 Å². The van der Waals surface area contributed by atoms with E-state index in [9.17, 15) is 4.79 Å². The van der Waals surface area contributed by atoms with Crippen molar-refractivity contribution >= 4 is 28.8 Å². The Balaban J connectivity index is 1.91. The van der Waals surface area contributed by atoms with Crippen molar-refractivity contribution in [1.82, 2.24) is 9.88 Å². The van der Waals surface area contributed by atoms with Gasteiger partial charge in [-0.25, -0.2) is 4.98 Å². The molecule has 0 radical (unpaired) electrons. The van der Waals surface area contributed by atoms with Gasteiger partial charge in [-0.2, -0.15) is 0 Å². The molecule has 1 unspecified atom stereocenters. The summed E-state index contributed by atoms with van der Waals surface area (Å²) in [5.41, 5.74) is 0.859. The van der Waals surface area contributed by atoms with Crippen molar-refractivity contribution in [1.29, 1.82) is 0 Å². The summed E-state index contributed by atoms with van der Waals surface area (Å²) in [7, 11) is 1.89. The lowest BCUT2D eigenvalue weighted by molar-refractivity contribution is -0.131. The van der Waals surface area contributed by atoms with Crippen LogP contribution in [-0.2, 0) is 17.1 Å². The van der Waals surface area contributed by atoms with Gasteiger partial charge >= 0.3 is 0 Å². The van der Waals surface area contributed by atoms with E-state index in [1.54, 1.807) is 0 Å². The minimum atomic E-state index is 0.153. The molecule has 0 aliphatic heterocycles. The number of carbonyl (C=O) groups excluding carboxylic acids is 1. The van der Waals surface area contributed by atoms with Crippen molar-refractivity contribution in [2.75, 3.05) is 7.05 Å². The molecule has 2 rings (SSSR count). The van der Waals surface area contributed by atoms with E-state index in [0.29, 0.717) is 24.3 Å². The number of nitrogens with zero attached hydrogens (tertiary/aromatic N) is 2. The van der Waals surface area contributed by atoms with Crippen LogP contribution in [0.3, 0.4) is 0 Å². The van der Waals surface area contributed by atoms with E-state index >= 15 is 0 Å². The first-order chi connectivity index (χ1) is 8.11. The van der Waals surface area contributed by atoms with Crippen LogP contribution in [-0.4, -0.2) is 28.9 Å². The Hall–Kier alpha value is -0.610. The quantitative estimate of drug-likeness (QED) is 0.772. The van der Waals surface area contributed by atoms with E-state index in [1.165, 1.54) is 24.2 Å². The number of halogens is 1. The lowest BCUT2D eigenvalue weighted by atomic mass is 10.2. The third-order valence-corrected chi connectivity index (χ3v) is 4.52. The number of hydrogen-bond donors (Lipinski definition) is 0. The molecule has 1 aromatic heterocycles. The summed E-state index contributed by atoms with van der Waals surface area (Å²) < 4.78 is 0. The molecule has 1 fully saturated rings. The topological polar surface area (TPSA) is 33.2 Å². The molecular formula is C12H17ClN2OS. The molecule has 94 valence electrons. The lowest BCUT2D eigenvalue weighted by Gasteiger charge is -2.24. The molecule has 3 nitrogen and oxygen atoms in total. The van der Waals surface area contributed by atoms with Crippen LogP contribution in [0.5, 0.6) is 0 Å². The van der Waals surface area contributed by atoms with Crippen LogP contribution in [0.15, 0.2) is 5.38 Å². The minimum absolute atomic E-state index is 0.153. The van der Waals surface area contributed by atoms with Crippen molar-refractivity contribution in [3.8, 4) is 0 Å². The van der Waals surface area contributed by atoms with Gasteiger partial charge in [0.1, 0.15) is 5.01 Å². The van der Waals surface area contributed by atoms with E-state index in [-0.39, 0.29) is 5.91 Å². The van der Waals surface area contributed by atoms with Crippen LogP contribution in [0.1, 0.15) is 30.5 Å². The first kappa shape index (κ1) is 12.8. The van der Waals surface area contributed by atoms with E-state index in [1.807, 2.05) is 17.3 Å². The Morgan fingerprint density at radius 3 is 2.94 bits per heavy atom. The fourth-order valence-electron chi connectivity index (χ4n) is 1.87. The normalized spacial score (nSPS) is 16.9. The van der Waals surface area contributed by atoms with Gasteiger partial charge in [0.15, 0.2) is 0 Å². The standard InChI is InChI=1S/C12H17ClN2OS/c1-8(9-3-4-9)15(2)12(16)5-11-14-10(6-13)7-17-11/h7-9H,3-6H2,1-2H3. The minimum Gasteiger partial charge on any atom is -0.342 e. The second kappa shape index (κ2) is 5.36. The molecule has 1 atom stereocenters. The van der Waals surface area contributed by atoms with Crippen LogP contribution >= 0.6 is 22.9 Å². The number of thiazole rings is 1. The monoisotopic (exact) mass is 272 g/mol. The summed E-state index contributed by atoms with van der Waals surface area (Å²) in [6, 6.07) is 0.356. The zero-order valence-electron chi connectivity index (χ0n) is 10.1.